The first-order valence-electron chi connectivity index (χ1n) is 8.02. The standard InChI is InChI=1S/C16H18F3N3O3/c1-2-14(23)20-5-11-8-22(16(24)25-11)10-3-12(18)15(13(19)4-10)21-6-9(17)7-21/h3-4,9,11H,2,5-8H2,1H3,(H,20,23)/t11-/m0/s1. The number of nitrogens with one attached hydrogen (secondary N) is 1. The summed E-state index contributed by atoms with van der Waals surface area (Å²) in [5.74, 6) is -1.91. The van der Waals surface area contributed by atoms with Gasteiger partial charge in [-0.3, -0.25) is 9.69 Å². The highest BCUT2D eigenvalue weighted by atomic mass is 19.1. The lowest BCUT2D eigenvalue weighted by Crippen LogP contribution is -2.49. The van der Waals surface area contributed by atoms with E-state index in [1.165, 1.54) is 4.90 Å². The molecule has 2 saturated heterocycles. The number of nitrogens with zero attached hydrogens (tertiary/aromatic N) is 2. The molecule has 0 saturated carbocycles. The highest BCUT2D eigenvalue weighted by Crippen LogP contribution is 2.33. The molecule has 3 rings (SSSR count). The van der Waals surface area contributed by atoms with Crippen LogP contribution in [0.25, 0.3) is 0 Å². The summed E-state index contributed by atoms with van der Waals surface area (Å²) in [4.78, 5) is 25.6. The molecule has 1 atom stereocenters. The van der Waals surface area contributed by atoms with E-state index < -0.39 is 30.0 Å². The van der Waals surface area contributed by atoms with Crippen molar-refractivity contribution in [3.63, 3.8) is 0 Å². The summed E-state index contributed by atoms with van der Waals surface area (Å²) in [7, 11) is 0. The molecule has 9 heteroatoms. The van der Waals surface area contributed by atoms with Gasteiger partial charge in [0.05, 0.1) is 31.9 Å². The monoisotopic (exact) mass is 357 g/mol. The molecule has 2 amide bonds. The van der Waals surface area contributed by atoms with Gasteiger partial charge >= 0.3 is 6.09 Å². The van der Waals surface area contributed by atoms with Gasteiger partial charge in [0.1, 0.15) is 18.0 Å². The Morgan fingerprint density at radius 2 is 1.92 bits per heavy atom. The van der Waals surface area contributed by atoms with E-state index in [2.05, 4.69) is 5.32 Å². The topological polar surface area (TPSA) is 61.9 Å². The van der Waals surface area contributed by atoms with Crippen molar-refractivity contribution >= 4 is 23.4 Å². The van der Waals surface area contributed by atoms with Crippen molar-refractivity contribution in [2.45, 2.75) is 25.6 Å². The summed E-state index contributed by atoms with van der Waals surface area (Å²) in [6, 6.07) is 2.05. The predicted molar refractivity (Wildman–Crippen MR) is 84.4 cm³/mol. The van der Waals surface area contributed by atoms with Crippen LogP contribution in [0.5, 0.6) is 0 Å². The molecule has 0 bridgehead atoms. The van der Waals surface area contributed by atoms with E-state index in [1.54, 1.807) is 6.92 Å². The quantitative estimate of drug-likeness (QED) is 0.875. The van der Waals surface area contributed by atoms with Crippen LogP contribution in [0.15, 0.2) is 12.1 Å². The van der Waals surface area contributed by atoms with Crippen LogP contribution in [0.1, 0.15) is 13.3 Å². The van der Waals surface area contributed by atoms with Gasteiger partial charge in [0.2, 0.25) is 5.91 Å². The second-order valence-corrected chi connectivity index (χ2v) is 6.03. The molecule has 2 aliphatic heterocycles. The normalized spacial score (nSPS) is 20.5. The number of hydrogen-bond donors (Lipinski definition) is 1. The van der Waals surface area contributed by atoms with E-state index in [4.69, 9.17) is 4.74 Å². The van der Waals surface area contributed by atoms with Gasteiger partial charge in [0.15, 0.2) is 11.6 Å². The molecule has 136 valence electrons. The highest BCUT2D eigenvalue weighted by Gasteiger charge is 2.35. The lowest BCUT2D eigenvalue weighted by Gasteiger charge is -2.36. The van der Waals surface area contributed by atoms with Gasteiger partial charge in [-0.15, -0.1) is 0 Å². The number of carbonyl (C=O) groups is 2. The van der Waals surface area contributed by atoms with Crippen LogP contribution < -0.4 is 15.1 Å². The van der Waals surface area contributed by atoms with Crippen LogP contribution in [0.3, 0.4) is 0 Å². The van der Waals surface area contributed by atoms with E-state index in [0.29, 0.717) is 6.42 Å². The zero-order valence-corrected chi connectivity index (χ0v) is 13.6. The minimum atomic E-state index is -1.09. The van der Waals surface area contributed by atoms with Crippen LogP contribution in [-0.4, -0.2) is 50.5 Å². The highest BCUT2D eigenvalue weighted by molar-refractivity contribution is 5.90. The number of ether oxygens (including phenoxy) is 1. The summed E-state index contributed by atoms with van der Waals surface area (Å²) in [5.41, 5.74) is -0.276. The van der Waals surface area contributed by atoms with Crippen molar-refractivity contribution in [1.82, 2.24) is 5.32 Å². The minimum absolute atomic E-state index is 0.0189. The van der Waals surface area contributed by atoms with Crippen molar-refractivity contribution in [3.8, 4) is 0 Å². The Kier molecular flexibility index (Phi) is 4.73. The zero-order valence-electron chi connectivity index (χ0n) is 13.6. The summed E-state index contributed by atoms with van der Waals surface area (Å²) in [5, 5.41) is 2.60. The van der Waals surface area contributed by atoms with Gasteiger partial charge in [0, 0.05) is 18.6 Å². The summed E-state index contributed by atoms with van der Waals surface area (Å²) in [6.07, 6.45) is -2.13. The van der Waals surface area contributed by atoms with Crippen molar-refractivity contribution in [3.05, 3.63) is 23.8 Å². The third-order valence-corrected chi connectivity index (χ3v) is 4.19. The number of alkyl halides is 1. The summed E-state index contributed by atoms with van der Waals surface area (Å²) in [6.45, 7) is 1.77. The molecule has 0 aromatic heterocycles. The van der Waals surface area contributed by atoms with Crippen molar-refractivity contribution in [2.24, 2.45) is 0 Å². The molecule has 2 aliphatic rings. The first-order valence-corrected chi connectivity index (χ1v) is 8.02. The third-order valence-electron chi connectivity index (χ3n) is 4.19. The SMILES string of the molecule is CCC(=O)NC[C@H]1CN(c2cc(F)c(N3CC(F)C3)c(F)c2)C(=O)O1. The van der Waals surface area contributed by atoms with Crippen LogP contribution >= 0.6 is 0 Å². The minimum Gasteiger partial charge on any atom is -0.442 e. The second-order valence-electron chi connectivity index (χ2n) is 6.03. The Hall–Kier alpha value is -2.45. The number of hydrogen-bond acceptors (Lipinski definition) is 4. The van der Waals surface area contributed by atoms with Gasteiger partial charge in [-0.05, 0) is 0 Å². The Bertz CT molecular complexity index is 671. The Morgan fingerprint density at radius 1 is 1.28 bits per heavy atom. The molecule has 0 unspecified atom stereocenters. The molecule has 2 fully saturated rings. The number of amides is 2. The van der Waals surface area contributed by atoms with Gasteiger partial charge < -0.3 is 15.0 Å². The van der Waals surface area contributed by atoms with E-state index in [9.17, 15) is 22.8 Å². The largest absolute Gasteiger partial charge is 0.442 e. The third kappa shape index (κ3) is 3.49. The first-order chi connectivity index (χ1) is 11.9. The zero-order chi connectivity index (χ0) is 18.1. The number of cyclic esters (lactones) is 1. The number of rotatable bonds is 5. The van der Waals surface area contributed by atoms with Gasteiger partial charge in [0.25, 0.3) is 0 Å². The number of halogens is 3. The fraction of sp³-hybridized carbons (Fsp3) is 0.500. The second kappa shape index (κ2) is 6.81. The number of anilines is 2. The van der Waals surface area contributed by atoms with Gasteiger partial charge in [-0.2, -0.15) is 0 Å². The Labute approximate surface area is 142 Å². The van der Waals surface area contributed by atoms with E-state index >= 15 is 0 Å². The molecule has 1 aromatic rings. The van der Waals surface area contributed by atoms with Crippen molar-refractivity contribution < 1.29 is 27.5 Å². The van der Waals surface area contributed by atoms with Crippen molar-refractivity contribution in [1.29, 1.82) is 0 Å². The molecule has 6 nitrogen and oxygen atoms in total. The molecular weight excluding hydrogens is 339 g/mol. The Balaban J connectivity index is 1.71. The predicted octanol–water partition coefficient (Wildman–Crippen LogP) is 1.97. The van der Waals surface area contributed by atoms with E-state index in [1.807, 2.05) is 0 Å². The summed E-state index contributed by atoms with van der Waals surface area (Å²) >= 11 is 0. The fourth-order valence-corrected chi connectivity index (χ4v) is 2.81. The van der Waals surface area contributed by atoms with Crippen LogP contribution in [0.4, 0.5) is 29.3 Å². The van der Waals surface area contributed by atoms with Crippen LogP contribution in [-0.2, 0) is 9.53 Å². The lowest BCUT2D eigenvalue weighted by atomic mass is 10.1. The fourth-order valence-electron chi connectivity index (χ4n) is 2.81. The van der Waals surface area contributed by atoms with Crippen molar-refractivity contribution in [2.75, 3.05) is 36.0 Å². The van der Waals surface area contributed by atoms with E-state index in [-0.39, 0.29) is 43.5 Å². The molecule has 1 aromatic carbocycles. The first kappa shape index (κ1) is 17.4. The number of carbonyl (C=O) groups excluding carboxylic acids is 2. The van der Waals surface area contributed by atoms with Crippen LogP contribution in [0.2, 0.25) is 0 Å². The van der Waals surface area contributed by atoms with Gasteiger partial charge in [-0.25, -0.2) is 18.0 Å². The maximum Gasteiger partial charge on any atom is 0.414 e. The molecule has 0 spiro atoms. The smallest absolute Gasteiger partial charge is 0.414 e. The van der Waals surface area contributed by atoms with Crippen LogP contribution in [0, 0.1) is 11.6 Å². The molecular formula is C16H18F3N3O3. The molecule has 25 heavy (non-hydrogen) atoms. The molecule has 0 radical (unpaired) electrons. The molecule has 2 heterocycles. The summed E-state index contributed by atoms with van der Waals surface area (Å²) < 4.78 is 46.5. The number of benzene rings is 1. The maximum atomic E-state index is 14.2. The average Bonchev–Trinajstić information content (AvgIpc) is 2.91. The average molecular weight is 357 g/mol. The Morgan fingerprint density at radius 3 is 2.48 bits per heavy atom. The lowest BCUT2D eigenvalue weighted by molar-refractivity contribution is -0.121. The molecule has 0 aliphatic carbocycles. The van der Waals surface area contributed by atoms with Gasteiger partial charge in [-0.1, -0.05) is 6.92 Å². The maximum absolute atomic E-state index is 14.2. The van der Waals surface area contributed by atoms with E-state index in [0.717, 1.165) is 17.0 Å². The molecule has 1 N–H and O–H groups in total.